The Kier molecular flexibility index (Phi) is 5.18. The predicted octanol–water partition coefficient (Wildman–Crippen LogP) is 3.56. The molecule has 1 aliphatic heterocycles. The molecule has 2 fully saturated rings. The molecule has 1 aromatic rings. The highest BCUT2D eigenvalue weighted by atomic mass is 79.9. The van der Waals surface area contributed by atoms with Gasteiger partial charge >= 0.3 is 6.09 Å². The number of ether oxygens (including phenoxy) is 1. The molecule has 0 radical (unpaired) electrons. The number of aliphatic hydroxyl groups excluding tert-OH is 1. The summed E-state index contributed by atoms with van der Waals surface area (Å²) >= 11 is 3.43. The molecule has 0 bridgehead atoms. The first-order valence-electron chi connectivity index (χ1n) is 8.59. The molecule has 1 aliphatic carbocycles. The van der Waals surface area contributed by atoms with Crippen LogP contribution in [0.4, 0.5) is 4.79 Å². The van der Waals surface area contributed by atoms with Crippen molar-refractivity contribution in [2.75, 3.05) is 6.54 Å². The molecule has 2 atom stereocenters. The third-order valence-corrected chi connectivity index (χ3v) is 6.12. The summed E-state index contributed by atoms with van der Waals surface area (Å²) in [6.45, 7) is 2.73. The highest BCUT2D eigenvalue weighted by molar-refractivity contribution is 9.10. The highest BCUT2D eigenvalue weighted by Crippen LogP contribution is 2.41. The molecule has 1 unspecified atom stereocenters. The van der Waals surface area contributed by atoms with Gasteiger partial charge in [0, 0.05) is 17.4 Å². The van der Waals surface area contributed by atoms with E-state index in [-0.39, 0.29) is 23.7 Å². The fraction of sp³-hybridized carbons (Fsp3) is 0.611. The second-order valence-corrected chi connectivity index (χ2v) is 7.97. The van der Waals surface area contributed by atoms with Crippen LogP contribution in [0.2, 0.25) is 0 Å². The molecule has 132 valence electrons. The fourth-order valence-corrected chi connectivity index (χ4v) is 4.11. The summed E-state index contributed by atoms with van der Waals surface area (Å²) in [6, 6.07) is 8.02. The Morgan fingerprint density at radius 2 is 1.92 bits per heavy atom. The molecule has 1 heterocycles. The number of hydrogen-bond acceptors (Lipinski definition) is 4. The first-order chi connectivity index (χ1) is 11.4. The normalized spacial score (nSPS) is 30.1. The maximum absolute atomic E-state index is 12.6. The molecule has 1 spiro atoms. The van der Waals surface area contributed by atoms with E-state index in [1.54, 1.807) is 4.90 Å². The number of rotatable bonds is 3. The van der Waals surface area contributed by atoms with Crippen molar-refractivity contribution in [1.29, 1.82) is 0 Å². The van der Waals surface area contributed by atoms with Crippen LogP contribution in [0.1, 0.15) is 50.6 Å². The topological polar surface area (TPSA) is 75.8 Å². The maximum Gasteiger partial charge on any atom is 0.410 e. The highest BCUT2D eigenvalue weighted by Gasteiger charge is 2.44. The van der Waals surface area contributed by atoms with E-state index in [1.807, 2.05) is 31.2 Å². The molecular weight excluding hydrogens is 372 g/mol. The average molecular weight is 397 g/mol. The van der Waals surface area contributed by atoms with Crippen LogP contribution in [0, 0.1) is 5.92 Å². The Morgan fingerprint density at radius 3 is 2.46 bits per heavy atom. The van der Waals surface area contributed by atoms with E-state index in [9.17, 15) is 9.90 Å². The van der Waals surface area contributed by atoms with Crippen molar-refractivity contribution in [3.63, 3.8) is 0 Å². The summed E-state index contributed by atoms with van der Waals surface area (Å²) in [5, 5.41) is 9.53. The van der Waals surface area contributed by atoms with Gasteiger partial charge in [-0.1, -0.05) is 28.1 Å². The van der Waals surface area contributed by atoms with Gasteiger partial charge in [0.2, 0.25) is 0 Å². The number of carbonyl (C=O) groups is 1. The van der Waals surface area contributed by atoms with Crippen LogP contribution in [-0.2, 0) is 4.74 Å². The first-order valence-corrected chi connectivity index (χ1v) is 9.38. The van der Waals surface area contributed by atoms with Gasteiger partial charge in [-0.15, -0.1) is 0 Å². The number of nitrogens with two attached hydrogens (primary N) is 1. The van der Waals surface area contributed by atoms with Gasteiger partial charge in [-0.25, -0.2) is 4.79 Å². The van der Waals surface area contributed by atoms with Gasteiger partial charge in [0.15, 0.2) is 0 Å². The summed E-state index contributed by atoms with van der Waals surface area (Å²) in [5.41, 5.74) is 6.32. The van der Waals surface area contributed by atoms with E-state index in [4.69, 9.17) is 10.5 Å². The van der Waals surface area contributed by atoms with Crippen molar-refractivity contribution in [2.24, 2.45) is 11.7 Å². The fourth-order valence-electron chi connectivity index (χ4n) is 3.84. The molecule has 1 saturated carbocycles. The van der Waals surface area contributed by atoms with Crippen molar-refractivity contribution < 1.29 is 14.6 Å². The van der Waals surface area contributed by atoms with Gasteiger partial charge in [-0.2, -0.15) is 0 Å². The van der Waals surface area contributed by atoms with Crippen molar-refractivity contribution in [1.82, 2.24) is 4.90 Å². The van der Waals surface area contributed by atoms with Crippen LogP contribution in [-0.4, -0.2) is 34.5 Å². The number of halogens is 1. The Morgan fingerprint density at radius 1 is 1.29 bits per heavy atom. The second kappa shape index (κ2) is 7.02. The number of hydrogen-bond donors (Lipinski definition) is 2. The lowest BCUT2D eigenvalue weighted by Crippen LogP contribution is -2.52. The van der Waals surface area contributed by atoms with Crippen LogP contribution in [0.15, 0.2) is 28.7 Å². The lowest BCUT2D eigenvalue weighted by atomic mass is 9.76. The third-order valence-electron chi connectivity index (χ3n) is 5.59. The zero-order valence-corrected chi connectivity index (χ0v) is 15.5. The number of nitrogens with zero attached hydrogens (tertiary/aromatic N) is 1. The van der Waals surface area contributed by atoms with Crippen LogP contribution in [0.25, 0.3) is 0 Å². The minimum absolute atomic E-state index is 0.00912. The van der Waals surface area contributed by atoms with Crippen LogP contribution in [0.5, 0.6) is 0 Å². The summed E-state index contributed by atoms with van der Waals surface area (Å²) in [7, 11) is 0. The van der Waals surface area contributed by atoms with E-state index in [0.717, 1.165) is 42.1 Å². The Bertz CT molecular complexity index is 582. The number of aliphatic hydroxyl groups is 1. The van der Waals surface area contributed by atoms with E-state index in [2.05, 4.69) is 15.9 Å². The lowest BCUT2D eigenvalue weighted by molar-refractivity contribution is -0.0894. The monoisotopic (exact) mass is 396 g/mol. The summed E-state index contributed by atoms with van der Waals surface area (Å²) in [5.74, 6) is 0.119. The molecule has 0 aromatic heterocycles. The first kappa shape index (κ1) is 17.7. The molecular formula is C18H25BrN2O3. The van der Waals surface area contributed by atoms with Gasteiger partial charge in [0.05, 0.1) is 6.04 Å². The van der Waals surface area contributed by atoms with Gasteiger partial charge in [0.25, 0.3) is 0 Å². The zero-order valence-electron chi connectivity index (χ0n) is 14.0. The smallest absolute Gasteiger partial charge is 0.410 e. The van der Waals surface area contributed by atoms with E-state index in [0.29, 0.717) is 6.54 Å². The lowest BCUT2D eigenvalue weighted by Gasteiger charge is -2.46. The quantitative estimate of drug-likeness (QED) is 0.765. The molecule has 3 N–H and O–H groups in total. The van der Waals surface area contributed by atoms with Crippen molar-refractivity contribution >= 4 is 22.0 Å². The average Bonchev–Trinajstić information content (AvgIpc) is 2.55. The zero-order chi connectivity index (χ0) is 17.3. The van der Waals surface area contributed by atoms with Gasteiger partial charge in [0.1, 0.15) is 11.8 Å². The number of benzene rings is 1. The molecule has 5 nitrogen and oxygen atoms in total. The largest absolute Gasteiger partial charge is 0.443 e. The van der Waals surface area contributed by atoms with E-state index in [1.165, 1.54) is 0 Å². The standard InChI is InChI=1S/C18H25BrN2O3/c1-12(13-2-4-15(19)5-3-13)21-11-10-18(24-17(21)23)8-6-14(7-9-18)16(20)22/h2-5,12,14,16,22H,6-11,20H2,1H3/t12-,14?,16?,18?/m0/s1. The number of amides is 1. The van der Waals surface area contributed by atoms with Crippen LogP contribution >= 0.6 is 15.9 Å². The Balaban J connectivity index is 1.63. The number of carbonyl (C=O) groups excluding carboxylic acids is 1. The van der Waals surface area contributed by atoms with Crippen molar-refractivity contribution in [2.45, 2.75) is 56.9 Å². The molecule has 3 rings (SSSR count). The van der Waals surface area contributed by atoms with Gasteiger partial charge in [-0.05, 0) is 56.2 Å². The van der Waals surface area contributed by atoms with Crippen molar-refractivity contribution in [3.05, 3.63) is 34.3 Å². The van der Waals surface area contributed by atoms with Crippen molar-refractivity contribution in [3.8, 4) is 0 Å². The van der Waals surface area contributed by atoms with E-state index < -0.39 is 6.23 Å². The van der Waals surface area contributed by atoms with Crippen LogP contribution in [0.3, 0.4) is 0 Å². The molecule has 1 aromatic carbocycles. The Hall–Kier alpha value is -1.11. The summed E-state index contributed by atoms with van der Waals surface area (Å²) < 4.78 is 6.90. The summed E-state index contributed by atoms with van der Waals surface area (Å²) in [6.07, 6.45) is 3.04. The molecule has 24 heavy (non-hydrogen) atoms. The molecule has 2 aliphatic rings. The predicted molar refractivity (Wildman–Crippen MR) is 95.2 cm³/mol. The molecule has 1 saturated heterocycles. The summed E-state index contributed by atoms with van der Waals surface area (Å²) in [4.78, 5) is 14.4. The minimum Gasteiger partial charge on any atom is -0.443 e. The van der Waals surface area contributed by atoms with E-state index >= 15 is 0 Å². The molecule has 6 heteroatoms. The Labute approximate surface area is 151 Å². The SMILES string of the molecule is C[C@@H](c1ccc(Br)cc1)N1CCC2(CCC(C(N)O)CC2)OC1=O. The maximum atomic E-state index is 12.6. The van der Waals surface area contributed by atoms with Crippen LogP contribution < -0.4 is 5.73 Å². The third kappa shape index (κ3) is 3.60. The second-order valence-electron chi connectivity index (χ2n) is 7.05. The minimum atomic E-state index is -0.768. The van der Waals surface area contributed by atoms with Gasteiger partial charge < -0.3 is 20.5 Å². The molecule has 1 amide bonds. The van der Waals surface area contributed by atoms with Gasteiger partial charge in [-0.3, -0.25) is 0 Å².